The number of nitrogens with one attached hydrogen (secondary N) is 1. The molecule has 4 heteroatoms. The minimum absolute atomic E-state index is 0.350. The molecule has 1 atom stereocenters. The Morgan fingerprint density at radius 2 is 1.58 bits per heavy atom. The van der Waals surface area contributed by atoms with Crippen molar-refractivity contribution >= 4 is 0 Å². The Morgan fingerprint density at radius 3 is 2.21 bits per heavy atom. The summed E-state index contributed by atoms with van der Waals surface area (Å²) in [7, 11) is 0. The molecule has 2 aromatic rings. The highest BCUT2D eigenvalue weighted by Crippen LogP contribution is 2.23. The molecule has 24 heavy (non-hydrogen) atoms. The lowest BCUT2D eigenvalue weighted by molar-refractivity contribution is 0.0774. The first kappa shape index (κ1) is 18.3. The predicted octanol–water partition coefficient (Wildman–Crippen LogP) is 3.70. The fraction of sp³-hybridized carbons (Fsp3) is 0.400. The lowest BCUT2D eigenvalue weighted by Crippen LogP contribution is -2.44. The molecule has 2 rings (SSSR count). The van der Waals surface area contributed by atoms with Crippen LogP contribution in [-0.2, 0) is 5.54 Å². The van der Waals surface area contributed by atoms with Gasteiger partial charge in [-0.1, -0.05) is 30.3 Å². The largest absolute Gasteiger partial charge is 0.494 e. The Balaban J connectivity index is 1.83. The molecule has 4 nitrogen and oxygen atoms in total. The van der Waals surface area contributed by atoms with Crippen LogP contribution in [0.3, 0.4) is 0 Å². The van der Waals surface area contributed by atoms with Crippen molar-refractivity contribution in [3.8, 4) is 11.5 Å². The molecule has 0 spiro atoms. The van der Waals surface area contributed by atoms with Gasteiger partial charge in [0.1, 0.15) is 17.7 Å². The first-order valence-electron chi connectivity index (χ1n) is 8.38. The van der Waals surface area contributed by atoms with Crippen molar-refractivity contribution < 1.29 is 14.6 Å². The second-order valence-corrected chi connectivity index (χ2v) is 6.19. The zero-order valence-electron chi connectivity index (χ0n) is 14.7. The Bertz CT molecular complexity index is 596. The number of para-hydroxylation sites is 1. The van der Waals surface area contributed by atoms with Crippen LogP contribution in [0, 0.1) is 0 Å². The minimum atomic E-state index is -0.643. The molecular weight excluding hydrogens is 302 g/mol. The molecule has 0 aliphatic rings. The molecule has 0 fully saturated rings. The summed E-state index contributed by atoms with van der Waals surface area (Å²) in [6.45, 7) is 7.17. The van der Waals surface area contributed by atoms with E-state index in [1.165, 1.54) is 0 Å². The monoisotopic (exact) mass is 329 g/mol. The maximum absolute atomic E-state index is 10.2. The molecule has 1 unspecified atom stereocenters. The van der Waals surface area contributed by atoms with E-state index in [1.807, 2.05) is 75.4 Å². The molecule has 2 N–H and O–H groups in total. The molecule has 0 radical (unpaired) electrons. The maximum Gasteiger partial charge on any atom is 0.119 e. The van der Waals surface area contributed by atoms with Crippen LogP contribution in [0.15, 0.2) is 54.6 Å². The number of aliphatic hydroxyl groups is 1. The number of ether oxygens (including phenoxy) is 2. The lowest BCUT2D eigenvalue weighted by atomic mass is 9.94. The quantitative estimate of drug-likeness (QED) is 0.689. The zero-order chi connectivity index (χ0) is 17.4. The van der Waals surface area contributed by atoms with E-state index in [-0.39, 0.29) is 5.54 Å². The van der Waals surface area contributed by atoms with Gasteiger partial charge in [-0.05, 0) is 50.6 Å². The Morgan fingerprint density at radius 1 is 0.958 bits per heavy atom. The third kappa shape index (κ3) is 5.55. The second-order valence-electron chi connectivity index (χ2n) is 6.19. The van der Waals surface area contributed by atoms with Crippen LogP contribution in [0.2, 0.25) is 0 Å². The van der Waals surface area contributed by atoms with Gasteiger partial charge in [0, 0.05) is 12.0 Å². The van der Waals surface area contributed by atoms with E-state index in [4.69, 9.17) is 9.47 Å². The van der Waals surface area contributed by atoms with Gasteiger partial charge < -0.3 is 14.6 Å². The van der Waals surface area contributed by atoms with Crippen LogP contribution in [0.25, 0.3) is 0 Å². The van der Waals surface area contributed by atoms with Crippen molar-refractivity contribution in [2.75, 3.05) is 13.2 Å². The van der Waals surface area contributed by atoms with Crippen molar-refractivity contribution in [3.05, 3.63) is 60.2 Å². The van der Waals surface area contributed by atoms with Gasteiger partial charge in [-0.3, -0.25) is 5.32 Å². The summed E-state index contributed by atoms with van der Waals surface area (Å²) < 4.78 is 11.1. The van der Waals surface area contributed by atoms with Gasteiger partial charge in [-0.2, -0.15) is 0 Å². The molecule has 130 valence electrons. The van der Waals surface area contributed by atoms with Crippen LogP contribution >= 0.6 is 0 Å². The standard InChI is InChI=1S/C20H27NO3/c1-4-23-18-12-10-16(11-13-18)20(2,3)21-19(22)14-15-24-17-8-6-5-7-9-17/h5-13,19,21-22H,4,14-15H2,1-3H3. The lowest BCUT2D eigenvalue weighted by Gasteiger charge is -2.30. The molecule has 0 saturated carbocycles. The average molecular weight is 329 g/mol. The van der Waals surface area contributed by atoms with E-state index in [1.54, 1.807) is 0 Å². The zero-order valence-corrected chi connectivity index (χ0v) is 14.7. The summed E-state index contributed by atoms with van der Waals surface area (Å²) in [5.74, 6) is 1.67. The van der Waals surface area contributed by atoms with Gasteiger partial charge in [0.25, 0.3) is 0 Å². The highest BCUT2D eigenvalue weighted by atomic mass is 16.5. The second kappa shape index (κ2) is 8.71. The molecule has 0 heterocycles. The van der Waals surface area contributed by atoms with Crippen molar-refractivity contribution in [1.82, 2.24) is 5.32 Å². The molecule has 0 saturated heterocycles. The summed E-state index contributed by atoms with van der Waals surface area (Å²) in [4.78, 5) is 0. The molecule has 0 aromatic heterocycles. The SMILES string of the molecule is CCOc1ccc(C(C)(C)NC(O)CCOc2ccccc2)cc1. The van der Waals surface area contributed by atoms with Gasteiger partial charge >= 0.3 is 0 Å². The van der Waals surface area contributed by atoms with E-state index in [0.717, 1.165) is 17.1 Å². The summed E-state index contributed by atoms with van der Waals surface area (Å²) in [5.41, 5.74) is 0.741. The van der Waals surface area contributed by atoms with E-state index >= 15 is 0 Å². The van der Waals surface area contributed by atoms with Gasteiger partial charge in [0.05, 0.1) is 13.2 Å². The Labute approximate surface area is 144 Å². The normalized spacial score (nSPS) is 12.7. The average Bonchev–Trinajstić information content (AvgIpc) is 2.56. The first-order chi connectivity index (χ1) is 11.5. The van der Waals surface area contributed by atoms with Crippen LogP contribution in [-0.4, -0.2) is 24.5 Å². The van der Waals surface area contributed by atoms with Crippen LogP contribution in [0.4, 0.5) is 0 Å². The van der Waals surface area contributed by atoms with E-state index in [2.05, 4.69) is 5.32 Å². The summed E-state index contributed by atoms with van der Waals surface area (Å²) >= 11 is 0. The molecule has 0 aliphatic heterocycles. The van der Waals surface area contributed by atoms with Crippen LogP contribution < -0.4 is 14.8 Å². The van der Waals surface area contributed by atoms with Crippen molar-refractivity contribution in [3.63, 3.8) is 0 Å². The number of hydrogen-bond acceptors (Lipinski definition) is 4. The smallest absolute Gasteiger partial charge is 0.119 e. The first-order valence-corrected chi connectivity index (χ1v) is 8.38. The summed E-state index contributed by atoms with van der Waals surface area (Å²) in [6.07, 6.45) is -0.134. The van der Waals surface area contributed by atoms with E-state index in [0.29, 0.717) is 19.6 Å². The maximum atomic E-state index is 10.2. The van der Waals surface area contributed by atoms with Gasteiger partial charge in [-0.15, -0.1) is 0 Å². The molecule has 2 aromatic carbocycles. The van der Waals surface area contributed by atoms with E-state index in [9.17, 15) is 5.11 Å². The third-order valence-electron chi connectivity index (χ3n) is 3.82. The van der Waals surface area contributed by atoms with Gasteiger partial charge in [0.15, 0.2) is 0 Å². The Kier molecular flexibility index (Phi) is 6.64. The van der Waals surface area contributed by atoms with E-state index < -0.39 is 6.23 Å². The predicted molar refractivity (Wildman–Crippen MR) is 96.3 cm³/mol. The third-order valence-corrected chi connectivity index (χ3v) is 3.82. The van der Waals surface area contributed by atoms with Crippen molar-refractivity contribution in [2.24, 2.45) is 0 Å². The number of rotatable bonds is 9. The topological polar surface area (TPSA) is 50.7 Å². The molecule has 0 amide bonds. The van der Waals surface area contributed by atoms with Crippen LogP contribution in [0.1, 0.15) is 32.8 Å². The summed E-state index contributed by atoms with van der Waals surface area (Å²) in [5, 5.41) is 13.5. The summed E-state index contributed by atoms with van der Waals surface area (Å²) in [6, 6.07) is 17.6. The molecular formula is C20H27NO3. The molecule has 0 bridgehead atoms. The van der Waals surface area contributed by atoms with Crippen LogP contribution in [0.5, 0.6) is 11.5 Å². The Hall–Kier alpha value is -2.04. The van der Waals surface area contributed by atoms with Crippen molar-refractivity contribution in [2.45, 2.75) is 39.0 Å². The highest BCUT2D eigenvalue weighted by molar-refractivity contribution is 5.31. The van der Waals surface area contributed by atoms with Gasteiger partial charge in [0.2, 0.25) is 0 Å². The highest BCUT2D eigenvalue weighted by Gasteiger charge is 2.23. The number of aliphatic hydroxyl groups excluding tert-OH is 1. The number of hydrogen-bond donors (Lipinski definition) is 2. The van der Waals surface area contributed by atoms with Gasteiger partial charge in [-0.25, -0.2) is 0 Å². The fourth-order valence-electron chi connectivity index (χ4n) is 2.51. The molecule has 0 aliphatic carbocycles. The number of benzene rings is 2. The fourth-order valence-corrected chi connectivity index (χ4v) is 2.51. The van der Waals surface area contributed by atoms with Crippen molar-refractivity contribution in [1.29, 1.82) is 0 Å². The minimum Gasteiger partial charge on any atom is -0.494 e.